The number of Topliss-reactive ketones (excluding diaryl/α,β-unsaturated/α-hetero) is 1. The van der Waals surface area contributed by atoms with Crippen molar-refractivity contribution in [3.8, 4) is 5.75 Å². The molecule has 1 heterocycles. The summed E-state index contributed by atoms with van der Waals surface area (Å²) in [5.41, 5.74) is 6.01. The van der Waals surface area contributed by atoms with Gasteiger partial charge in [-0.2, -0.15) is 0 Å². The van der Waals surface area contributed by atoms with E-state index >= 15 is 0 Å². The van der Waals surface area contributed by atoms with Gasteiger partial charge >= 0.3 is 0 Å². The van der Waals surface area contributed by atoms with E-state index in [2.05, 4.69) is 0 Å². The first-order chi connectivity index (χ1) is 6.00. The van der Waals surface area contributed by atoms with Crippen molar-refractivity contribution in [2.24, 2.45) is 0 Å². The molecule has 0 bridgehead atoms. The van der Waals surface area contributed by atoms with Crippen LogP contribution in [0.4, 0.5) is 5.69 Å². The minimum absolute atomic E-state index is 0.00481. The summed E-state index contributed by atoms with van der Waals surface area (Å²) in [6.45, 7) is 3.51. The number of hydrogen-bond donors (Lipinski definition) is 1. The average molecular weight is 177 g/mol. The Morgan fingerprint density at radius 1 is 1.38 bits per heavy atom. The smallest absolute Gasteiger partial charge is 0.209 e. The molecule has 0 amide bonds. The zero-order chi connectivity index (χ0) is 9.64. The SMILES string of the molecule is CC1(C)Oc2ccc(N)cc2C1=O. The molecular weight excluding hydrogens is 166 g/mol. The van der Waals surface area contributed by atoms with Gasteiger partial charge < -0.3 is 10.5 Å². The minimum Gasteiger partial charge on any atom is -0.479 e. The average Bonchev–Trinajstić information content (AvgIpc) is 2.26. The monoisotopic (exact) mass is 177 g/mol. The molecule has 1 aromatic rings. The Hall–Kier alpha value is -1.51. The summed E-state index contributed by atoms with van der Waals surface area (Å²) in [4.78, 5) is 11.7. The second kappa shape index (κ2) is 2.25. The molecule has 2 N–H and O–H groups in total. The Morgan fingerprint density at radius 3 is 2.77 bits per heavy atom. The number of hydrogen-bond acceptors (Lipinski definition) is 3. The number of fused-ring (bicyclic) bond motifs is 1. The lowest BCUT2D eigenvalue weighted by atomic mass is 10.00. The zero-order valence-electron chi connectivity index (χ0n) is 7.63. The van der Waals surface area contributed by atoms with Gasteiger partial charge in [-0.25, -0.2) is 0 Å². The summed E-state index contributed by atoms with van der Waals surface area (Å²) < 4.78 is 5.46. The molecule has 0 unspecified atom stereocenters. The van der Waals surface area contributed by atoms with Crippen molar-refractivity contribution in [3.05, 3.63) is 23.8 Å². The van der Waals surface area contributed by atoms with Crippen molar-refractivity contribution in [2.45, 2.75) is 19.4 Å². The molecule has 0 aliphatic carbocycles. The van der Waals surface area contributed by atoms with Crippen LogP contribution in [0, 0.1) is 0 Å². The third kappa shape index (κ3) is 1.08. The number of ether oxygens (including phenoxy) is 1. The van der Waals surface area contributed by atoms with E-state index in [1.807, 2.05) is 0 Å². The number of nitrogens with two attached hydrogens (primary N) is 1. The van der Waals surface area contributed by atoms with Gasteiger partial charge in [-0.15, -0.1) is 0 Å². The van der Waals surface area contributed by atoms with Crippen molar-refractivity contribution in [3.63, 3.8) is 0 Å². The molecule has 3 heteroatoms. The molecule has 0 atom stereocenters. The van der Waals surface area contributed by atoms with Gasteiger partial charge in [-0.05, 0) is 32.0 Å². The van der Waals surface area contributed by atoms with E-state index in [0.29, 0.717) is 17.0 Å². The van der Waals surface area contributed by atoms with E-state index < -0.39 is 5.60 Å². The highest BCUT2D eigenvalue weighted by Gasteiger charge is 2.39. The van der Waals surface area contributed by atoms with Crippen LogP contribution in [-0.4, -0.2) is 11.4 Å². The lowest BCUT2D eigenvalue weighted by molar-refractivity contribution is 0.0684. The number of rotatable bonds is 0. The highest BCUT2D eigenvalue weighted by Crippen LogP contribution is 2.35. The fraction of sp³-hybridized carbons (Fsp3) is 0.300. The summed E-state index contributed by atoms with van der Waals surface area (Å²) in [5.74, 6) is 0.624. The first-order valence-corrected chi connectivity index (χ1v) is 4.14. The van der Waals surface area contributed by atoms with Gasteiger partial charge in [0.2, 0.25) is 5.78 Å². The van der Waals surface area contributed by atoms with Crippen molar-refractivity contribution in [1.82, 2.24) is 0 Å². The van der Waals surface area contributed by atoms with Crippen LogP contribution in [-0.2, 0) is 0 Å². The molecule has 0 saturated carbocycles. The van der Waals surface area contributed by atoms with Crippen LogP contribution in [0.3, 0.4) is 0 Å². The highest BCUT2D eigenvalue weighted by molar-refractivity contribution is 6.07. The molecule has 0 saturated heterocycles. The van der Waals surface area contributed by atoms with Crippen LogP contribution in [0.25, 0.3) is 0 Å². The maximum atomic E-state index is 11.7. The molecule has 0 fully saturated rings. The third-order valence-corrected chi connectivity index (χ3v) is 2.16. The molecule has 1 aromatic carbocycles. The molecule has 3 nitrogen and oxygen atoms in total. The van der Waals surface area contributed by atoms with E-state index in [9.17, 15) is 4.79 Å². The Morgan fingerprint density at radius 2 is 2.08 bits per heavy atom. The predicted octanol–water partition coefficient (Wildman–Crippen LogP) is 1.62. The summed E-state index contributed by atoms with van der Waals surface area (Å²) in [6.07, 6.45) is 0. The number of nitrogen functional groups attached to an aromatic ring is 1. The Bertz CT molecular complexity index is 383. The highest BCUT2D eigenvalue weighted by atomic mass is 16.5. The van der Waals surface area contributed by atoms with Crippen molar-refractivity contribution in [1.29, 1.82) is 0 Å². The number of ketones is 1. The minimum atomic E-state index is -0.740. The Kier molecular flexibility index (Phi) is 1.40. The lowest BCUT2D eigenvalue weighted by Crippen LogP contribution is -2.31. The maximum Gasteiger partial charge on any atom is 0.209 e. The predicted molar refractivity (Wildman–Crippen MR) is 49.9 cm³/mol. The first kappa shape index (κ1) is 8.10. The van der Waals surface area contributed by atoms with Crippen LogP contribution in [0.5, 0.6) is 5.75 Å². The lowest BCUT2D eigenvalue weighted by Gasteiger charge is -2.14. The topological polar surface area (TPSA) is 52.3 Å². The van der Waals surface area contributed by atoms with E-state index in [1.165, 1.54) is 0 Å². The van der Waals surface area contributed by atoms with Crippen molar-refractivity contribution < 1.29 is 9.53 Å². The zero-order valence-corrected chi connectivity index (χ0v) is 7.63. The first-order valence-electron chi connectivity index (χ1n) is 4.14. The third-order valence-electron chi connectivity index (χ3n) is 2.16. The van der Waals surface area contributed by atoms with Crippen LogP contribution in [0.15, 0.2) is 18.2 Å². The fourth-order valence-electron chi connectivity index (χ4n) is 1.46. The second-order valence-corrected chi connectivity index (χ2v) is 3.70. The van der Waals surface area contributed by atoms with Crippen LogP contribution >= 0.6 is 0 Å². The van der Waals surface area contributed by atoms with Gasteiger partial charge in [0.25, 0.3) is 0 Å². The Balaban J connectivity index is 2.57. The standard InChI is InChI=1S/C10H11NO2/c1-10(2)9(12)7-5-6(11)3-4-8(7)13-10/h3-5H,11H2,1-2H3. The molecule has 2 rings (SSSR count). The van der Waals surface area contributed by atoms with Crippen LogP contribution in [0.1, 0.15) is 24.2 Å². The maximum absolute atomic E-state index is 11.7. The van der Waals surface area contributed by atoms with Gasteiger partial charge in [0.15, 0.2) is 5.60 Å². The van der Waals surface area contributed by atoms with Gasteiger partial charge in [-0.3, -0.25) is 4.79 Å². The van der Waals surface area contributed by atoms with Crippen LogP contribution in [0.2, 0.25) is 0 Å². The summed E-state index contributed by atoms with van der Waals surface area (Å²) >= 11 is 0. The van der Waals surface area contributed by atoms with E-state index in [0.717, 1.165) is 0 Å². The molecule has 1 aliphatic heterocycles. The van der Waals surface area contributed by atoms with E-state index in [1.54, 1.807) is 32.0 Å². The quantitative estimate of drug-likeness (QED) is 0.612. The van der Waals surface area contributed by atoms with Gasteiger partial charge in [0.1, 0.15) is 5.75 Å². The van der Waals surface area contributed by atoms with Crippen molar-refractivity contribution in [2.75, 3.05) is 5.73 Å². The second-order valence-electron chi connectivity index (χ2n) is 3.70. The summed E-state index contributed by atoms with van der Waals surface area (Å²) in [7, 11) is 0. The number of carbonyl (C=O) groups is 1. The molecule has 0 aromatic heterocycles. The van der Waals surface area contributed by atoms with Crippen molar-refractivity contribution >= 4 is 11.5 Å². The molecule has 1 aliphatic rings. The molecule has 13 heavy (non-hydrogen) atoms. The number of carbonyl (C=O) groups excluding carboxylic acids is 1. The number of anilines is 1. The van der Waals surface area contributed by atoms with Crippen LogP contribution < -0.4 is 10.5 Å². The Labute approximate surface area is 76.5 Å². The number of benzene rings is 1. The summed E-state index contributed by atoms with van der Waals surface area (Å²) in [6, 6.07) is 5.12. The molecule has 0 spiro atoms. The van der Waals surface area contributed by atoms with Gasteiger partial charge in [-0.1, -0.05) is 0 Å². The normalized spacial score (nSPS) is 18.2. The van der Waals surface area contributed by atoms with Gasteiger partial charge in [0.05, 0.1) is 5.56 Å². The van der Waals surface area contributed by atoms with Gasteiger partial charge in [0, 0.05) is 5.69 Å². The molecular formula is C10H11NO2. The largest absolute Gasteiger partial charge is 0.479 e. The molecule has 68 valence electrons. The molecule has 0 radical (unpaired) electrons. The summed E-state index contributed by atoms with van der Waals surface area (Å²) in [5, 5.41) is 0. The van der Waals surface area contributed by atoms with E-state index in [-0.39, 0.29) is 5.78 Å². The van der Waals surface area contributed by atoms with E-state index in [4.69, 9.17) is 10.5 Å². The fourth-order valence-corrected chi connectivity index (χ4v) is 1.46.